The van der Waals surface area contributed by atoms with Gasteiger partial charge in [0.1, 0.15) is 5.82 Å². The van der Waals surface area contributed by atoms with Gasteiger partial charge in [0.25, 0.3) is 0 Å². The number of rotatable bonds is 7. The van der Waals surface area contributed by atoms with Crippen LogP contribution in [-0.4, -0.2) is 24.5 Å². The highest BCUT2D eigenvalue weighted by molar-refractivity contribution is 7.13. The third-order valence-corrected chi connectivity index (χ3v) is 3.96. The number of halogens is 1. The Balaban J connectivity index is 1.69. The van der Waals surface area contributed by atoms with Crippen LogP contribution in [0.2, 0.25) is 0 Å². The summed E-state index contributed by atoms with van der Waals surface area (Å²) in [5.74, 6) is -0.324. The Morgan fingerprint density at radius 2 is 2.14 bits per heavy atom. The van der Waals surface area contributed by atoms with E-state index in [9.17, 15) is 9.18 Å². The van der Waals surface area contributed by atoms with Gasteiger partial charge in [0.2, 0.25) is 5.91 Å². The average molecular weight is 307 g/mol. The summed E-state index contributed by atoms with van der Waals surface area (Å²) >= 11 is 1.54. The minimum Gasteiger partial charge on any atom is -0.365 e. The summed E-state index contributed by atoms with van der Waals surface area (Å²) < 4.78 is 13.4. The van der Waals surface area contributed by atoms with Gasteiger partial charge >= 0.3 is 0 Å². The SMILES string of the molecule is CNc1nc(CCNC(=O)CCc2ccccc2F)cs1. The zero-order valence-corrected chi connectivity index (χ0v) is 12.7. The van der Waals surface area contributed by atoms with E-state index in [2.05, 4.69) is 15.6 Å². The lowest BCUT2D eigenvalue weighted by Crippen LogP contribution is -2.26. The van der Waals surface area contributed by atoms with E-state index >= 15 is 0 Å². The van der Waals surface area contributed by atoms with Crippen LogP contribution < -0.4 is 10.6 Å². The minimum absolute atomic E-state index is 0.0673. The van der Waals surface area contributed by atoms with E-state index in [0.29, 0.717) is 31.4 Å². The molecular weight excluding hydrogens is 289 g/mol. The molecule has 1 aromatic carbocycles. The van der Waals surface area contributed by atoms with Crippen molar-refractivity contribution in [3.63, 3.8) is 0 Å². The first-order valence-electron chi connectivity index (χ1n) is 6.81. The van der Waals surface area contributed by atoms with E-state index < -0.39 is 0 Å². The van der Waals surface area contributed by atoms with Gasteiger partial charge in [-0.25, -0.2) is 9.37 Å². The van der Waals surface area contributed by atoms with Crippen LogP contribution in [0.4, 0.5) is 9.52 Å². The number of hydrogen-bond acceptors (Lipinski definition) is 4. The Labute approximate surface area is 127 Å². The van der Waals surface area contributed by atoms with Crippen LogP contribution in [0.15, 0.2) is 29.6 Å². The molecule has 4 nitrogen and oxygen atoms in total. The fraction of sp³-hybridized carbons (Fsp3) is 0.333. The highest BCUT2D eigenvalue weighted by atomic mass is 32.1. The predicted octanol–water partition coefficient (Wildman–Crippen LogP) is 2.62. The van der Waals surface area contributed by atoms with Gasteiger partial charge in [-0.3, -0.25) is 4.79 Å². The number of nitrogens with zero attached hydrogens (tertiary/aromatic N) is 1. The molecule has 0 unspecified atom stereocenters. The second kappa shape index (κ2) is 7.73. The Bertz CT molecular complexity index is 600. The van der Waals surface area contributed by atoms with Crippen molar-refractivity contribution in [1.82, 2.24) is 10.3 Å². The maximum absolute atomic E-state index is 13.4. The van der Waals surface area contributed by atoms with Gasteiger partial charge in [0, 0.05) is 31.8 Å². The zero-order chi connectivity index (χ0) is 15.1. The molecule has 0 spiro atoms. The smallest absolute Gasteiger partial charge is 0.220 e. The average Bonchev–Trinajstić information content (AvgIpc) is 2.94. The molecule has 1 heterocycles. The molecule has 1 amide bonds. The van der Waals surface area contributed by atoms with E-state index in [0.717, 1.165) is 10.8 Å². The summed E-state index contributed by atoms with van der Waals surface area (Å²) in [7, 11) is 1.83. The first kappa shape index (κ1) is 15.4. The molecule has 21 heavy (non-hydrogen) atoms. The topological polar surface area (TPSA) is 54.0 Å². The molecule has 0 aliphatic carbocycles. The molecule has 0 radical (unpaired) electrons. The monoisotopic (exact) mass is 307 g/mol. The van der Waals surface area contributed by atoms with Crippen molar-refractivity contribution < 1.29 is 9.18 Å². The summed E-state index contributed by atoms with van der Waals surface area (Å²) in [5, 5.41) is 8.65. The Hall–Kier alpha value is -1.95. The largest absolute Gasteiger partial charge is 0.365 e. The molecule has 0 fully saturated rings. The highest BCUT2D eigenvalue weighted by Gasteiger charge is 2.06. The van der Waals surface area contributed by atoms with Crippen LogP contribution in [0.25, 0.3) is 0 Å². The fourth-order valence-electron chi connectivity index (χ4n) is 1.90. The standard InChI is InChI=1S/C15H18FN3OS/c1-17-15-19-12(10-21-15)8-9-18-14(20)7-6-11-4-2-3-5-13(11)16/h2-5,10H,6-9H2,1H3,(H,17,19)(H,18,20). The van der Waals surface area contributed by atoms with Crippen LogP contribution in [0.5, 0.6) is 0 Å². The van der Waals surface area contributed by atoms with Gasteiger partial charge in [-0.15, -0.1) is 11.3 Å². The fourth-order valence-corrected chi connectivity index (χ4v) is 2.61. The molecule has 0 aliphatic heterocycles. The number of thiazole rings is 1. The van der Waals surface area contributed by atoms with Gasteiger partial charge in [-0.1, -0.05) is 18.2 Å². The Morgan fingerprint density at radius 3 is 2.86 bits per heavy atom. The van der Waals surface area contributed by atoms with Crippen molar-refractivity contribution in [3.05, 3.63) is 46.7 Å². The molecule has 0 bridgehead atoms. The molecular formula is C15H18FN3OS. The first-order valence-corrected chi connectivity index (χ1v) is 7.69. The van der Waals surface area contributed by atoms with E-state index in [1.165, 1.54) is 6.07 Å². The minimum atomic E-state index is -0.257. The third kappa shape index (κ3) is 4.82. The van der Waals surface area contributed by atoms with Crippen molar-refractivity contribution in [3.8, 4) is 0 Å². The molecule has 0 aliphatic rings. The molecule has 1 aromatic heterocycles. The number of hydrogen-bond donors (Lipinski definition) is 2. The van der Waals surface area contributed by atoms with Gasteiger partial charge < -0.3 is 10.6 Å². The van der Waals surface area contributed by atoms with Crippen LogP contribution in [0.1, 0.15) is 17.7 Å². The molecule has 0 saturated carbocycles. The lowest BCUT2D eigenvalue weighted by Gasteiger charge is -2.05. The second-order valence-corrected chi connectivity index (χ2v) is 5.44. The van der Waals surface area contributed by atoms with E-state index in [1.54, 1.807) is 29.5 Å². The number of carbonyl (C=O) groups is 1. The maximum atomic E-state index is 13.4. The Morgan fingerprint density at radius 1 is 1.33 bits per heavy atom. The van der Waals surface area contributed by atoms with Crippen LogP contribution in [-0.2, 0) is 17.6 Å². The van der Waals surface area contributed by atoms with Crippen LogP contribution in [0, 0.1) is 5.82 Å². The van der Waals surface area contributed by atoms with E-state index in [-0.39, 0.29) is 11.7 Å². The lowest BCUT2D eigenvalue weighted by molar-refractivity contribution is -0.121. The molecule has 2 rings (SSSR count). The number of anilines is 1. The molecule has 2 N–H and O–H groups in total. The third-order valence-electron chi connectivity index (χ3n) is 3.05. The number of amides is 1. The molecule has 6 heteroatoms. The van der Waals surface area contributed by atoms with Crippen LogP contribution >= 0.6 is 11.3 Å². The van der Waals surface area contributed by atoms with Crippen molar-refractivity contribution in [1.29, 1.82) is 0 Å². The van der Waals surface area contributed by atoms with Gasteiger partial charge in [0.15, 0.2) is 5.13 Å². The van der Waals surface area contributed by atoms with Crippen molar-refractivity contribution >= 4 is 22.4 Å². The summed E-state index contributed by atoms with van der Waals surface area (Å²) in [6, 6.07) is 6.54. The number of aryl methyl sites for hydroxylation is 1. The predicted molar refractivity (Wildman–Crippen MR) is 83.1 cm³/mol. The number of benzene rings is 1. The summed E-state index contributed by atoms with van der Waals surface area (Å²) in [5.41, 5.74) is 1.53. The van der Waals surface area contributed by atoms with E-state index in [1.807, 2.05) is 12.4 Å². The summed E-state index contributed by atoms with van der Waals surface area (Å²) in [6.07, 6.45) is 1.41. The number of nitrogens with one attached hydrogen (secondary N) is 2. The summed E-state index contributed by atoms with van der Waals surface area (Å²) in [4.78, 5) is 16.1. The number of carbonyl (C=O) groups excluding carboxylic acids is 1. The van der Waals surface area contributed by atoms with E-state index in [4.69, 9.17) is 0 Å². The lowest BCUT2D eigenvalue weighted by atomic mass is 10.1. The highest BCUT2D eigenvalue weighted by Crippen LogP contribution is 2.14. The normalized spacial score (nSPS) is 10.4. The van der Waals surface area contributed by atoms with Crippen LogP contribution in [0.3, 0.4) is 0 Å². The van der Waals surface area contributed by atoms with Crippen molar-refractivity contribution in [2.45, 2.75) is 19.3 Å². The zero-order valence-electron chi connectivity index (χ0n) is 11.9. The molecule has 0 saturated heterocycles. The molecule has 0 atom stereocenters. The maximum Gasteiger partial charge on any atom is 0.220 e. The molecule has 112 valence electrons. The Kier molecular flexibility index (Phi) is 5.68. The van der Waals surface area contributed by atoms with Gasteiger partial charge in [-0.05, 0) is 18.1 Å². The summed E-state index contributed by atoms with van der Waals surface area (Å²) in [6.45, 7) is 0.545. The van der Waals surface area contributed by atoms with Gasteiger partial charge in [-0.2, -0.15) is 0 Å². The number of aromatic nitrogens is 1. The van der Waals surface area contributed by atoms with Gasteiger partial charge in [0.05, 0.1) is 5.69 Å². The van der Waals surface area contributed by atoms with Crippen molar-refractivity contribution in [2.24, 2.45) is 0 Å². The van der Waals surface area contributed by atoms with Crippen molar-refractivity contribution in [2.75, 3.05) is 18.9 Å². The first-order chi connectivity index (χ1) is 10.2. The molecule has 2 aromatic rings. The second-order valence-electron chi connectivity index (χ2n) is 4.59. The quantitative estimate of drug-likeness (QED) is 0.827.